The molecule has 0 spiro atoms. The number of hydrogen-bond acceptors (Lipinski definition) is 6. The topological polar surface area (TPSA) is 118 Å². The number of amides is 2. The summed E-state index contributed by atoms with van der Waals surface area (Å²) in [4.78, 5) is 30.3. The number of nitrogens with one attached hydrogen (secondary N) is 3. The molecule has 204 valence electrons. The van der Waals surface area contributed by atoms with E-state index >= 15 is 0 Å². The second-order valence-electron chi connectivity index (χ2n) is 9.29. The van der Waals surface area contributed by atoms with Crippen molar-refractivity contribution in [3.05, 3.63) is 127 Å². The van der Waals surface area contributed by atoms with Gasteiger partial charge in [-0.3, -0.25) is 14.6 Å². The summed E-state index contributed by atoms with van der Waals surface area (Å²) >= 11 is 0. The highest BCUT2D eigenvalue weighted by Gasteiger charge is 2.21. The lowest BCUT2D eigenvalue weighted by Gasteiger charge is -2.21. The molecule has 1 aromatic heterocycles. The molecule has 5 N–H and O–H groups in total. The maximum Gasteiger partial charge on any atom is 0.251 e. The van der Waals surface area contributed by atoms with Gasteiger partial charge in [-0.1, -0.05) is 48.5 Å². The molecule has 5 rings (SSSR count). The normalized spacial score (nSPS) is 11.6. The Labute approximate surface area is 237 Å². The number of para-hydroxylation sites is 2. The van der Waals surface area contributed by atoms with E-state index in [2.05, 4.69) is 20.9 Å². The zero-order valence-electron chi connectivity index (χ0n) is 22.4. The number of pyridine rings is 1. The smallest absolute Gasteiger partial charge is 0.251 e. The number of ether oxygens (including phenoxy) is 1. The number of fused-ring (bicyclic) bond motifs is 1. The van der Waals surface area contributed by atoms with Gasteiger partial charge < -0.3 is 26.4 Å². The summed E-state index contributed by atoms with van der Waals surface area (Å²) in [7, 11) is 1.58. The van der Waals surface area contributed by atoms with Crippen LogP contribution in [0.5, 0.6) is 5.75 Å². The van der Waals surface area contributed by atoms with Crippen LogP contribution in [0, 0.1) is 0 Å². The van der Waals surface area contributed by atoms with Crippen molar-refractivity contribution in [2.45, 2.75) is 6.04 Å². The van der Waals surface area contributed by atoms with Crippen molar-refractivity contribution in [3.63, 3.8) is 0 Å². The van der Waals surface area contributed by atoms with Gasteiger partial charge in [0.05, 0.1) is 24.0 Å². The Morgan fingerprint density at radius 3 is 2.49 bits per heavy atom. The van der Waals surface area contributed by atoms with Crippen LogP contribution in [0.2, 0.25) is 0 Å². The first-order valence-corrected chi connectivity index (χ1v) is 13.0. The number of carbonyl (C=O) groups is 2. The molecule has 1 heterocycles. The molecule has 0 saturated heterocycles. The van der Waals surface area contributed by atoms with Crippen molar-refractivity contribution >= 4 is 51.5 Å². The van der Waals surface area contributed by atoms with Gasteiger partial charge in [0, 0.05) is 35.1 Å². The summed E-state index contributed by atoms with van der Waals surface area (Å²) < 4.78 is 5.30. The highest BCUT2D eigenvalue weighted by atomic mass is 16.5. The van der Waals surface area contributed by atoms with Crippen LogP contribution in [0.4, 0.5) is 22.7 Å². The fourth-order valence-electron chi connectivity index (χ4n) is 4.30. The number of nitrogen functional groups attached to an aromatic ring is 1. The molecular formula is C33H29N5O3. The predicted molar refractivity (Wildman–Crippen MR) is 165 cm³/mol. The quantitative estimate of drug-likeness (QED) is 0.129. The van der Waals surface area contributed by atoms with Gasteiger partial charge in [0.2, 0.25) is 5.91 Å². The van der Waals surface area contributed by atoms with E-state index in [4.69, 9.17) is 10.5 Å². The fourth-order valence-corrected chi connectivity index (χ4v) is 4.30. The van der Waals surface area contributed by atoms with E-state index in [-0.39, 0.29) is 11.8 Å². The Kier molecular flexibility index (Phi) is 8.21. The van der Waals surface area contributed by atoms with Gasteiger partial charge >= 0.3 is 0 Å². The first-order valence-electron chi connectivity index (χ1n) is 13.0. The number of anilines is 4. The van der Waals surface area contributed by atoms with Crippen molar-refractivity contribution in [1.82, 2.24) is 4.98 Å². The number of methoxy groups -OCH3 is 1. The van der Waals surface area contributed by atoms with E-state index in [0.29, 0.717) is 22.8 Å². The number of hydrogen-bond donors (Lipinski definition) is 4. The number of aromatic nitrogens is 1. The third kappa shape index (κ3) is 6.88. The van der Waals surface area contributed by atoms with Crippen LogP contribution in [0.15, 0.2) is 115 Å². The Hall–Kier alpha value is -5.63. The molecule has 2 amide bonds. The second kappa shape index (κ2) is 12.5. The first-order chi connectivity index (χ1) is 20.0. The van der Waals surface area contributed by atoms with Gasteiger partial charge in [-0.15, -0.1) is 0 Å². The maximum atomic E-state index is 13.6. The molecule has 0 bridgehead atoms. The molecule has 0 aliphatic rings. The zero-order chi connectivity index (χ0) is 28.6. The van der Waals surface area contributed by atoms with Gasteiger partial charge in [0.1, 0.15) is 11.8 Å². The molecule has 0 radical (unpaired) electrons. The van der Waals surface area contributed by atoms with Crippen LogP contribution in [0.25, 0.3) is 17.0 Å². The SMILES string of the molecule is COc1cccc(NC(=O)C(Nc2ccc3ncccc3c2)c2ccc(C=CC(=O)Nc3ccccc3N)cc2)c1. The lowest BCUT2D eigenvalue weighted by Crippen LogP contribution is -2.27. The number of benzene rings is 4. The van der Waals surface area contributed by atoms with E-state index in [1.165, 1.54) is 6.08 Å². The summed E-state index contributed by atoms with van der Waals surface area (Å²) in [6.07, 6.45) is 4.89. The zero-order valence-corrected chi connectivity index (χ0v) is 22.4. The molecule has 8 heteroatoms. The third-order valence-electron chi connectivity index (χ3n) is 6.43. The number of carbonyl (C=O) groups excluding carboxylic acids is 2. The summed E-state index contributed by atoms with van der Waals surface area (Å²) in [5, 5.41) is 10.1. The average Bonchev–Trinajstić information content (AvgIpc) is 3.00. The van der Waals surface area contributed by atoms with Crippen molar-refractivity contribution in [2.75, 3.05) is 28.8 Å². The van der Waals surface area contributed by atoms with E-state index in [9.17, 15) is 9.59 Å². The molecule has 0 aliphatic carbocycles. The first kappa shape index (κ1) is 27.0. The minimum atomic E-state index is -0.710. The number of nitrogens with zero attached hydrogens (tertiary/aromatic N) is 1. The highest BCUT2D eigenvalue weighted by molar-refractivity contribution is 6.03. The van der Waals surface area contributed by atoms with Crippen LogP contribution >= 0.6 is 0 Å². The Bertz CT molecular complexity index is 1720. The summed E-state index contributed by atoms with van der Waals surface area (Å²) in [5.41, 5.74) is 10.8. The standard InChI is InChI=1S/C33H29N5O3/c1-41-27-8-4-7-25(21-27)37-33(40)32(36-26-16-17-29-24(20-26)6-5-19-35-29)23-14-11-22(12-15-23)13-18-31(39)38-30-10-3-2-9-28(30)34/h2-21,32,36H,34H2,1H3,(H,37,40)(H,38,39). The van der Waals surface area contributed by atoms with Crippen molar-refractivity contribution in [1.29, 1.82) is 0 Å². The molecule has 0 fully saturated rings. The van der Waals surface area contributed by atoms with Crippen molar-refractivity contribution in [3.8, 4) is 5.75 Å². The molecule has 4 aromatic carbocycles. The van der Waals surface area contributed by atoms with Crippen molar-refractivity contribution < 1.29 is 14.3 Å². The molecular weight excluding hydrogens is 514 g/mol. The van der Waals surface area contributed by atoms with E-state index in [0.717, 1.165) is 27.7 Å². The molecule has 1 unspecified atom stereocenters. The van der Waals surface area contributed by atoms with Gasteiger partial charge in [-0.25, -0.2) is 0 Å². The number of rotatable bonds is 9. The van der Waals surface area contributed by atoms with Gasteiger partial charge in [-0.2, -0.15) is 0 Å². The lowest BCUT2D eigenvalue weighted by atomic mass is 10.0. The molecule has 8 nitrogen and oxygen atoms in total. The summed E-state index contributed by atoms with van der Waals surface area (Å²) in [6, 6.07) is 30.6. The minimum absolute atomic E-state index is 0.243. The minimum Gasteiger partial charge on any atom is -0.497 e. The Morgan fingerprint density at radius 2 is 1.68 bits per heavy atom. The second-order valence-corrected chi connectivity index (χ2v) is 9.29. The molecule has 1 atom stereocenters. The molecule has 0 aliphatic heterocycles. The van der Waals surface area contributed by atoms with Crippen LogP contribution in [-0.2, 0) is 9.59 Å². The highest BCUT2D eigenvalue weighted by Crippen LogP contribution is 2.26. The molecule has 41 heavy (non-hydrogen) atoms. The summed E-state index contributed by atoms with van der Waals surface area (Å²) in [6.45, 7) is 0. The molecule has 5 aromatic rings. The van der Waals surface area contributed by atoms with Gasteiger partial charge in [0.15, 0.2) is 0 Å². The largest absolute Gasteiger partial charge is 0.497 e. The summed E-state index contributed by atoms with van der Waals surface area (Å²) in [5.74, 6) is 0.104. The van der Waals surface area contributed by atoms with Gasteiger partial charge in [0.25, 0.3) is 5.91 Å². The van der Waals surface area contributed by atoms with Crippen LogP contribution in [-0.4, -0.2) is 23.9 Å². The van der Waals surface area contributed by atoms with Gasteiger partial charge in [-0.05, 0) is 65.7 Å². The third-order valence-corrected chi connectivity index (χ3v) is 6.43. The van der Waals surface area contributed by atoms with E-state index in [1.807, 2.05) is 66.7 Å². The fraction of sp³-hybridized carbons (Fsp3) is 0.0606. The van der Waals surface area contributed by atoms with Crippen molar-refractivity contribution in [2.24, 2.45) is 0 Å². The monoisotopic (exact) mass is 543 g/mol. The van der Waals surface area contributed by atoms with Crippen LogP contribution in [0.1, 0.15) is 17.2 Å². The number of nitrogens with two attached hydrogens (primary N) is 1. The predicted octanol–water partition coefficient (Wildman–Crippen LogP) is 6.27. The maximum absolute atomic E-state index is 13.6. The van der Waals surface area contributed by atoms with E-state index in [1.54, 1.807) is 55.8 Å². The average molecular weight is 544 g/mol. The van der Waals surface area contributed by atoms with Crippen LogP contribution in [0.3, 0.4) is 0 Å². The Balaban J connectivity index is 1.36. The van der Waals surface area contributed by atoms with Crippen LogP contribution < -0.4 is 26.4 Å². The van der Waals surface area contributed by atoms with E-state index < -0.39 is 6.04 Å². The molecule has 0 saturated carbocycles. The lowest BCUT2D eigenvalue weighted by molar-refractivity contribution is -0.117. The Morgan fingerprint density at radius 1 is 0.854 bits per heavy atom.